The molecule has 0 saturated carbocycles. The van der Waals surface area contributed by atoms with E-state index in [1.807, 2.05) is 0 Å². The van der Waals surface area contributed by atoms with Crippen LogP contribution in [0.5, 0.6) is 11.5 Å². The fourth-order valence-electron chi connectivity index (χ4n) is 3.35. The maximum Gasteiger partial charge on any atom is 0.295 e. The molecular weight excluding hydrogens is 398 g/mol. The molecule has 0 unspecified atom stereocenters. The lowest BCUT2D eigenvalue weighted by Gasteiger charge is -2.24. The third-order valence-corrected chi connectivity index (χ3v) is 4.98. The Morgan fingerprint density at radius 2 is 1.72 bits per heavy atom. The molecule has 8 heteroatoms. The molecule has 1 atom stereocenters. The van der Waals surface area contributed by atoms with E-state index in [2.05, 4.69) is 0 Å². The van der Waals surface area contributed by atoms with Gasteiger partial charge in [0, 0.05) is 17.1 Å². The molecule has 3 rings (SSSR count). The Morgan fingerprint density at radius 3 is 2.31 bits per heavy atom. The van der Waals surface area contributed by atoms with E-state index in [4.69, 9.17) is 21.1 Å². The summed E-state index contributed by atoms with van der Waals surface area (Å²) in [4.78, 5) is 26.6. The summed E-state index contributed by atoms with van der Waals surface area (Å²) in [7, 11) is 2.94. The number of nitrogens with zero attached hydrogens (tertiary/aromatic N) is 1. The molecule has 2 aromatic rings. The molecule has 0 spiro atoms. The van der Waals surface area contributed by atoms with Crippen LogP contribution in [-0.4, -0.2) is 54.2 Å². The van der Waals surface area contributed by atoms with Crippen LogP contribution in [0.2, 0.25) is 5.02 Å². The number of hydrogen-bond donors (Lipinski definition) is 2. The van der Waals surface area contributed by atoms with Gasteiger partial charge in [0.2, 0.25) is 0 Å². The first-order valence-corrected chi connectivity index (χ1v) is 9.17. The molecule has 1 amide bonds. The Labute approximate surface area is 172 Å². The van der Waals surface area contributed by atoms with Gasteiger partial charge in [-0.1, -0.05) is 23.7 Å². The zero-order valence-corrected chi connectivity index (χ0v) is 16.6. The molecule has 1 aliphatic rings. The van der Waals surface area contributed by atoms with Crippen molar-refractivity contribution < 1.29 is 29.3 Å². The van der Waals surface area contributed by atoms with Crippen LogP contribution in [0, 0.1) is 0 Å². The third-order valence-electron chi connectivity index (χ3n) is 4.72. The molecule has 0 aromatic heterocycles. The first kappa shape index (κ1) is 20.7. The van der Waals surface area contributed by atoms with Crippen molar-refractivity contribution in [1.29, 1.82) is 0 Å². The standard InChI is InChI=1S/C21H20ClNO6/c1-28-15-8-5-13(11-16(15)29-2)19(25)17-18(12-3-6-14(22)7-4-12)23(9-10-24)21(27)20(17)26/h3-8,11,18,24-25H,9-10H2,1-2H3/t18-/m0/s1. The number of hydrogen-bond acceptors (Lipinski definition) is 6. The van der Waals surface area contributed by atoms with E-state index in [9.17, 15) is 19.8 Å². The number of aliphatic hydroxyl groups excluding tert-OH is 2. The second-order valence-electron chi connectivity index (χ2n) is 6.34. The monoisotopic (exact) mass is 417 g/mol. The highest BCUT2D eigenvalue weighted by Gasteiger charge is 2.45. The third kappa shape index (κ3) is 3.79. The van der Waals surface area contributed by atoms with Crippen molar-refractivity contribution in [3.63, 3.8) is 0 Å². The van der Waals surface area contributed by atoms with Gasteiger partial charge in [0.25, 0.3) is 11.7 Å². The number of aliphatic hydroxyl groups is 2. The Bertz CT molecular complexity index is 970. The molecule has 29 heavy (non-hydrogen) atoms. The molecule has 0 radical (unpaired) electrons. The molecule has 1 fully saturated rings. The smallest absolute Gasteiger partial charge is 0.295 e. The summed E-state index contributed by atoms with van der Waals surface area (Å²) in [6.45, 7) is -0.381. The summed E-state index contributed by atoms with van der Waals surface area (Å²) >= 11 is 5.96. The highest BCUT2D eigenvalue weighted by atomic mass is 35.5. The van der Waals surface area contributed by atoms with Crippen LogP contribution in [-0.2, 0) is 9.59 Å². The number of β-amino-alcohol motifs (C(OH)–C–C–N with tert-alkyl or cyclic N) is 1. The van der Waals surface area contributed by atoms with Gasteiger partial charge >= 0.3 is 0 Å². The maximum atomic E-state index is 12.8. The molecule has 0 bridgehead atoms. The average molecular weight is 418 g/mol. The van der Waals surface area contributed by atoms with Gasteiger partial charge in [0.1, 0.15) is 5.76 Å². The number of methoxy groups -OCH3 is 2. The van der Waals surface area contributed by atoms with E-state index >= 15 is 0 Å². The quantitative estimate of drug-likeness (QED) is 0.426. The Morgan fingerprint density at radius 1 is 1.07 bits per heavy atom. The minimum Gasteiger partial charge on any atom is -0.507 e. The van der Waals surface area contributed by atoms with Gasteiger partial charge in [0.05, 0.1) is 32.4 Å². The van der Waals surface area contributed by atoms with E-state index in [1.54, 1.807) is 36.4 Å². The van der Waals surface area contributed by atoms with Gasteiger partial charge < -0.3 is 24.6 Å². The van der Waals surface area contributed by atoms with Gasteiger partial charge in [-0.2, -0.15) is 0 Å². The van der Waals surface area contributed by atoms with E-state index in [1.165, 1.54) is 25.2 Å². The van der Waals surface area contributed by atoms with Crippen LogP contribution >= 0.6 is 11.6 Å². The molecule has 1 saturated heterocycles. The number of ether oxygens (including phenoxy) is 2. The maximum absolute atomic E-state index is 12.8. The molecule has 2 aromatic carbocycles. The van der Waals surface area contributed by atoms with E-state index in [-0.39, 0.29) is 24.5 Å². The number of ketones is 1. The normalized spacial score (nSPS) is 18.2. The summed E-state index contributed by atoms with van der Waals surface area (Å²) in [5.74, 6) is -1.14. The van der Waals surface area contributed by atoms with Crippen LogP contribution < -0.4 is 9.47 Å². The molecule has 1 aliphatic heterocycles. The van der Waals surface area contributed by atoms with Crippen LogP contribution in [0.3, 0.4) is 0 Å². The summed E-state index contributed by atoms with van der Waals surface area (Å²) < 4.78 is 10.4. The first-order valence-electron chi connectivity index (χ1n) is 8.80. The van der Waals surface area contributed by atoms with Crippen LogP contribution in [0.15, 0.2) is 48.0 Å². The molecule has 0 aliphatic carbocycles. The predicted octanol–water partition coefficient (Wildman–Crippen LogP) is 2.77. The van der Waals surface area contributed by atoms with Crippen LogP contribution in [0.4, 0.5) is 0 Å². The number of likely N-dealkylation sites (tertiary alicyclic amines) is 1. The SMILES string of the molecule is COc1ccc(C(O)=C2C(=O)C(=O)N(CCO)[C@H]2c2ccc(Cl)cc2)cc1OC. The van der Waals surface area contributed by atoms with Crippen molar-refractivity contribution in [2.75, 3.05) is 27.4 Å². The number of carbonyl (C=O) groups excluding carboxylic acids is 2. The summed E-state index contributed by atoms with van der Waals surface area (Å²) in [6.07, 6.45) is 0. The van der Waals surface area contributed by atoms with E-state index in [0.29, 0.717) is 27.6 Å². The van der Waals surface area contributed by atoms with Crippen molar-refractivity contribution in [2.45, 2.75) is 6.04 Å². The van der Waals surface area contributed by atoms with Crippen molar-refractivity contribution >= 4 is 29.1 Å². The van der Waals surface area contributed by atoms with Crippen molar-refractivity contribution in [2.24, 2.45) is 0 Å². The van der Waals surface area contributed by atoms with Gasteiger partial charge in [0.15, 0.2) is 11.5 Å². The molecular formula is C21H20ClNO6. The van der Waals surface area contributed by atoms with Gasteiger partial charge in [-0.25, -0.2) is 0 Å². The number of rotatable bonds is 6. The molecule has 152 valence electrons. The van der Waals surface area contributed by atoms with Crippen molar-refractivity contribution in [1.82, 2.24) is 4.90 Å². The van der Waals surface area contributed by atoms with Crippen molar-refractivity contribution in [3.05, 3.63) is 64.2 Å². The van der Waals surface area contributed by atoms with E-state index in [0.717, 1.165) is 0 Å². The lowest BCUT2D eigenvalue weighted by molar-refractivity contribution is -0.140. The zero-order chi connectivity index (χ0) is 21.1. The zero-order valence-electron chi connectivity index (χ0n) is 15.9. The lowest BCUT2D eigenvalue weighted by Crippen LogP contribution is -2.32. The number of Topliss-reactive ketones (excluding diaryl/α,β-unsaturated/α-hetero) is 1. The van der Waals surface area contributed by atoms with Crippen molar-refractivity contribution in [3.8, 4) is 11.5 Å². The second kappa shape index (κ2) is 8.55. The largest absolute Gasteiger partial charge is 0.507 e. The Kier molecular flexibility index (Phi) is 6.10. The van der Waals surface area contributed by atoms with Gasteiger partial charge in [-0.3, -0.25) is 9.59 Å². The molecule has 1 heterocycles. The first-order chi connectivity index (χ1) is 13.9. The minimum absolute atomic E-state index is 0.0550. The minimum atomic E-state index is -0.854. The summed E-state index contributed by atoms with van der Waals surface area (Å²) in [5, 5.41) is 20.8. The van der Waals surface area contributed by atoms with Gasteiger partial charge in [-0.15, -0.1) is 0 Å². The van der Waals surface area contributed by atoms with Gasteiger partial charge in [-0.05, 0) is 35.9 Å². The fraction of sp³-hybridized carbons (Fsp3) is 0.238. The summed E-state index contributed by atoms with van der Waals surface area (Å²) in [5.41, 5.74) is 0.811. The van der Waals surface area contributed by atoms with Crippen LogP contribution in [0.25, 0.3) is 5.76 Å². The average Bonchev–Trinajstić information content (AvgIpc) is 2.98. The fourth-order valence-corrected chi connectivity index (χ4v) is 3.48. The highest BCUT2D eigenvalue weighted by Crippen LogP contribution is 2.40. The topological polar surface area (TPSA) is 96.3 Å². The second-order valence-corrected chi connectivity index (χ2v) is 6.77. The lowest BCUT2D eigenvalue weighted by atomic mass is 9.95. The Balaban J connectivity index is 2.18. The number of amides is 1. The van der Waals surface area contributed by atoms with Crippen LogP contribution in [0.1, 0.15) is 17.2 Å². The number of carbonyl (C=O) groups is 2. The number of halogens is 1. The molecule has 2 N–H and O–H groups in total. The Hall–Kier alpha value is -3.03. The highest BCUT2D eigenvalue weighted by molar-refractivity contribution is 6.46. The summed E-state index contributed by atoms with van der Waals surface area (Å²) in [6, 6.07) is 10.4. The number of benzene rings is 2. The molecule has 7 nitrogen and oxygen atoms in total. The van der Waals surface area contributed by atoms with E-state index < -0.39 is 17.7 Å². The predicted molar refractivity (Wildman–Crippen MR) is 107 cm³/mol.